The van der Waals surface area contributed by atoms with Crippen LogP contribution in [0.4, 0.5) is 0 Å². The molecule has 2 atom stereocenters. The molecular formula is C9H15NO. The first-order chi connectivity index (χ1) is 5.15. The molecule has 2 nitrogen and oxygen atoms in total. The highest BCUT2D eigenvalue weighted by atomic mass is 16.3. The van der Waals surface area contributed by atoms with Crippen molar-refractivity contribution in [3.8, 4) is 12.5 Å². The molecule has 0 aromatic rings. The van der Waals surface area contributed by atoms with Crippen molar-refractivity contribution in [2.24, 2.45) is 5.92 Å². The average molecular weight is 153 g/mol. The van der Waals surface area contributed by atoms with Crippen LogP contribution in [0.3, 0.4) is 0 Å². The van der Waals surface area contributed by atoms with Gasteiger partial charge >= 0.3 is 0 Å². The SMILES string of the molecule is C#CN1C[C@H](O)CC1C(C)C. The fraction of sp³-hybridized carbons (Fsp3) is 0.778. The van der Waals surface area contributed by atoms with Gasteiger partial charge in [0.05, 0.1) is 12.6 Å². The third-order valence-electron chi connectivity index (χ3n) is 2.26. The van der Waals surface area contributed by atoms with E-state index in [4.69, 9.17) is 6.42 Å². The second-order valence-corrected chi connectivity index (χ2v) is 3.48. The summed E-state index contributed by atoms with van der Waals surface area (Å²) in [4.78, 5) is 1.90. The fourth-order valence-corrected chi connectivity index (χ4v) is 1.62. The van der Waals surface area contributed by atoms with Crippen LogP contribution in [-0.4, -0.2) is 28.7 Å². The topological polar surface area (TPSA) is 23.5 Å². The summed E-state index contributed by atoms with van der Waals surface area (Å²) < 4.78 is 0. The summed E-state index contributed by atoms with van der Waals surface area (Å²) in [5, 5.41) is 9.31. The van der Waals surface area contributed by atoms with Gasteiger partial charge in [-0.2, -0.15) is 0 Å². The molecule has 1 aliphatic rings. The summed E-state index contributed by atoms with van der Waals surface area (Å²) in [7, 11) is 0. The zero-order valence-corrected chi connectivity index (χ0v) is 7.12. The summed E-state index contributed by atoms with van der Waals surface area (Å²) in [6, 6.07) is 2.97. The molecule has 62 valence electrons. The molecule has 1 fully saturated rings. The zero-order chi connectivity index (χ0) is 8.43. The Morgan fingerprint density at radius 3 is 2.64 bits per heavy atom. The fourth-order valence-electron chi connectivity index (χ4n) is 1.62. The molecule has 1 heterocycles. The maximum absolute atomic E-state index is 9.31. The number of hydrogen-bond donors (Lipinski definition) is 1. The van der Waals surface area contributed by atoms with Gasteiger partial charge in [0.15, 0.2) is 0 Å². The van der Waals surface area contributed by atoms with E-state index in [0.717, 1.165) is 6.42 Å². The van der Waals surface area contributed by atoms with Crippen molar-refractivity contribution in [1.82, 2.24) is 4.90 Å². The number of nitrogens with zero attached hydrogens (tertiary/aromatic N) is 1. The minimum atomic E-state index is -0.224. The van der Waals surface area contributed by atoms with Gasteiger partial charge in [0.1, 0.15) is 0 Å². The Balaban J connectivity index is 2.59. The molecular weight excluding hydrogens is 138 g/mol. The number of likely N-dealkylation sites (tertiary alicyclic amines) is 1. The molecule has 0 bridgehead atoms. The molecule has 1 saturated heterocycles. The minimum absolute atomic E-state index is 0.224. The molecule has 0 spiro atoms. The van der Waals surface area contributed by atoms with Crippen molar-refractivity contribution in [3.63, 3.8) is 0 Å². The molecule has 1 rings (SSSR count). The Hall–Kier alpha value is -0.680. The van der Waals surface area contributed by atoms with E-state index in [2.05, 4.69) is 19.9 Å². The standard InChI is InChI=1S/C9H15NO/c1-4-10-6-8(11)5-9(10)7(2)3/h1,7-9,11H,5-6H2,2-3H3/t8-,9?/m1/s1. The van der Waals surface area contributed by atoms with Crippen molar-refractivity contribution >= 4 is 0 Å². The monoisotopic (exact) mass is 153 g/mol. The third kappa shape index (κ3) is 1.66. The summed E-state index contributed by atoms with van der Waals surface area (Å²) >= 11 is 0. The van der Waals surface area contributed by atoms with Crippen LogP contribution in [0.15, 0.2) is 0 Å². The molecule has 11 heavy (non-hydrogen) atoms. The van der Waals surface area contributed by atoms with E-state index in [0.29, 0.717) is 18.5 Å². The lowest BCUT2D eigenvalue weighted by Crippen LogP contribution is -2.29. The predicted octanol–water partition coefficient (Wildman–Crippen LogP) is 0.668. The van der Waals surface area contributed by atoms with Gasteiger partial charge in [0.2, 0.25) is 0 Å². The van der Waals surface area contributed by atoms with Gasteiger partial charge in [-0.3, -0.25) is 0 Å². The molecule has 0 aromatic heterocycles. The van der Waals surface area contributed by atoms with E-state index < -0.39 is 0 Å². The molecule has 0 aliphatic carbocycles. The summed E-state index contributed by atoms with van der Waals surface area (Å²) in [5.41, 5.74) is 0. The largest absolute Gasteiger partial charge is 0.391 e. The van der Waals surface area contributed by atoms with Crippen LogP contribution in [0.5, 0.6) is 0 Å². The highest BCUT2D eigenvalue weighted by Gasteiger charge is 2.30. The van der Waals surface area contributed by atoms with E-state index in [9.17, 15) is 5.11 Å². The number of aliphatic hydroxyl groups is 1. The van der Waals surface area contributed by atoms with Crippen LogP contribution in [0, 0.1) is 18.4 Å². The smallest absolute Gasteiger partial charge is 0.0742 e. The Bertz CT molecular complexity index is 171. The van der Waals surface area contributed by atoms with Crippen molar-refractivity contribution < 1.29 is 5.11 Å². The quantitative estimate of drug-likeness (QED) is 0.560. The number of aliphatic hydroxyl groups excluding tert-OH is 1. The summed E-state index contributed by atoms with van der Waals surface area (Å²) in [6.45, 7) is 4.90. The Morgan fingerprint density at radius 1 is 1.64 bits per heavy atom. The highest BCUT2D eigenvalue weighted by molar-refractivity contribution is 4.98. The lowest BCUT2D eigenvalue weighted by Gasteiger charge is -2.22. The molecule has 1 unspecified atom stereocenters. The molecule has 0 amide bonds. The van der Waals surface area contributed by atoms with Gasteiger partial charge < -0.3 is 10.0 Å². The molecule has 0 saturated carbocycles. The van der Waals surface area contributed by atoms with E-state index in [1.807, 2.05) is 4.90 Å². The lowest BCUT2D eigenvalue weighted by molar-refractivity contribution is 0.186. The van der Waals surface area contributed by atoms with E-state index in [-0.39, 0.29) is 6.10 Å². The minimum Gasteiger partial charge on any atom is -0.391 e. The van der Waals surface area contributed by atoms with Gasteiger partial charge in [0, 0.05) is 12.1 Å². The first-order valence-electron chi connectivity index (χ1n) is 4.06. The zero-order valence-electron chi connectivity index (χ0n) is 7.12. The normalized spacial score (nSPS) is 31.0. The number of hydrogen-bond acceptors (Lipinski definition) is 2. The lowest BCUT2D eigenvalue weighted by atomic mass is 10.0. The highest BCUT2D eigenvalue weighted by Crippen LogP contribution is 2.22. The van der Waals surface area contributed by atoms with Crippen LogP contribution < -0.4 is 0 Å². The molecule has 0 aromatic carbocycles. The van der Waals surface area contributed by atoms with E-state index in [1.165, 1.54) is 0 Å². The molecule has 2 heteroatoms. The Labute approximate surface area is 68.2 Å². The van der Waals surface area contributed by atoms with Gasteiger partial charge in [-0.05, 0) is 12.3 Å². The Kier molecular flexibility index (Phi) is 2.41. The average Bonchev–Trinajstić information content (AvgIpc) is 2.30. The van der Waals surface area contributed by atoms with E-state index in [1.54, 1.807) is 0 Å². The predicted molar refractivity (Wildman–Crippen MR) is 44.8 cm³/mol. The van der Waals surface area contributed by atoms with Crippen LogP contribution in [-0.2, 0) is 0 Å². The summed E-state index contributed by atoms with van der Waals surface area (Å²) in [6.07, 6.45) is 5.89. The van der Waals surface area contributed by atoms with Crippen molar-refractivity contribution in [2.45, 2.75) is 32.4 Å². The van der Waals surface area contributed by atoms with Crippen LogP contribution >= 0.6 is 0 Å². The molecule has 0 radical (unpaired) electrons. The first kappa shape index (κ1) is 8.42. The van der Waals surface area contributed by atoms with Gasteiger partial charge in [-0.15, -0.1) is 0 Å². The van der Waals surface area contributed by atoms with Gasteiger partial charge in [-0.25, -0.2) is 0 Å². The summed E-state index contributed by atoms with van der Waals surface area (Å²) in [5.74, 6) is 0.531. The number of terminal acetylenes is 1. The van der Waals surface area contributed by atoms with E-state index >= 15 is 0 Å². The Morgan fingerprint density at radius 2 is 2.27 bits per heavy atom. The number of rotatable bonds is 1. The van der Waals surface area contributed by atoms with Crippen LogP contribution in [0.25, 0.3) is 0 Å². The third-order valence-corrected chi connectivity index (χ3v) is 2.26. The van der Waals surface area contributed by atoms with Crippen LogP contribution in [0.1, 0.15) is 20.3 Å². The van der Waals surface area contributed by atoms with Crippen molar-refractivity contribution in [2.75, 3.05) is 6.54 Å². The molecule has 1 aliphatic heterocycles. The second kappa shape index (κ2) is 3.15. The van der Waals surface area contributed by atoms with Gasteiger partial charge in [-0.1, -0.05) is 20.3 Å². The van der Waals surface area contributed by atoms with Crippen molar-refractivity contribution in [3.05, 3.63) is 0 Å². The first-order valence-corrected chi connectivity index (χ1v) is 4.06. The second-order valence-electron chi connectivity index (χ2n) is 3.48. The van der Waals surface area contributed by atoms with Crippen molar-refractivity contribution in [1.29, 1.82) is 0 Å². The molecule has 1 N–H and O–H groups in total. The number of β-amino-alcohol motifs (C(OH)–C–C–N with tert-alkyl or cyclic N) is 1. The van der Waals surface area contributed by atoms with Crippen LogP contribution in [0.2, 0.25) is 0 Å². The maximum atomic E-state index is 9.31. The van der Waals surface area contributed by atoms with Gasteiger partial charge in [0.25, 0.3) is 0 Å². The maximum Gasteiger partial charge on any atom is 0.0742 e.